The standard InChI is InChI=1S/C11H13BrN2S2/c1-6-7(2)16-11-9(6)10(15-5-4-12)13-8(3)14-11/h4-5H2,1-3H3. The van der Waals surface area contributed by atoms with Gasteiger partial charge in [0.1, 0.15) is 15.7 Å². The number of hydrogen-bond donors (Lipinski definition) is 0. The third-order valence-electron chi connectivity index (χ3n) is 2.42. The lowest BCUT2D eigenvalue weighted by Crippen LogP contribution is -1.92. The van der Waals surface area contributed by atoms with Crippen LogP contribution in [0.2, 0.25) is 0 Å². The average Bonchev–Trinajstić information content (AvgIpc) is 2.51. The van der Waals surface area contributed by atoms with Gasteiger partial charge in [-0.2, -0.15) is 0 Å². The first-order chi connectivity index (χ1) is 7.63. The second-order valence-electron chi connectivity index (χ2n) is 3.58. The number of aryl methyl sites for hydroxylation is 3. The van der Waals surface area contributed by atoms with Gasteiger partial charge in [-0.1, -0.05) is 15.9 Å². The van der Waals surface area contributed by atoms with Crippen molar-refractivity contribution in [2.45, 2.75) is 25.8 Å². The quantitative estimate of drug-likeness (QED) is 0.484. The van der Waals surface area contributed by atoms with Crippen LogP contribution in [-0.2, 0) is 0 Å². The molecule has 0 aliphatic rings. The fourth-order valence-electron chi connectivity index (χ4n) is 1.55. The highest BCUT2D eigenvalue weighted by Gasteiger charge is 2.13. The van der Waals surface area contributed by atoms with Gasteiger partial charge in [0.15, 0.2) is 0 Å². The van der Waals surface area contributed by atoms with E-state index in [2.05, 4.69) is 39.7 Å². The normalized spacial score (nSPS) is 11.2. The summed E-state index contributed by atoms with van der Waals surface area (Å²) in [5.74, 6) is 1.91. The molecule has 86 valence electrons. The summed E-state index contributed by atoms with van der Waals surface area (Å²) >= 11 is 7.02. The first kappa shape index (κ1) is 12.3. The molecule has 0 atom stereocenters. The first-order valence-corrected chi connectivity index (χ1v) is 7.99. The Morgan fingerprint density at radius 2 is 2.00 bits per heavy atom. The van der Waals surface area contributed by atoms with Gasteiger partial charge in [0.2, 0.25) is 0 Å². The second kappa shape index (κ2) is 5.02. The van der Waals surface area contributed by atoms with Crippen molar-refractivity contribution in [3.8, 4) is 0 Å². The molecule has 0 bridgehead atoms. The summed E-state index contributed by atoms with van der Waals surface area (Å²) in [7, 11) is 0. The maximum Gasteiger partial charge on any atom is 0.128 e. The molecular formula is C11H13BrN2S2. The predicted molar refractivity (Wildman–Crippen MR) is 76.1 cm³/mol. The Morgan fingerprint density at radius 1 is 1.25 bits per heavy atom. The Bertz CT molecular complexity index is 522. The van der Waals surface area contributed by atoms with Crippen molar-refractivity contribution in [3.63, 3.8) is 0 Å². The van der Waals surface area contributed by atoms with E-state index < -0.39 is 0 Å². The smallest absolute Gasteiger partial charge is 0.128 e. The Balaban J connectivity index is 2.60. The molecule has 0 aliphatic carbocycles. The average molecular weight is 317 g/mol. The van der Waals surface area contributed by atoms with Crippen LogP contribution in [0.25, 0.3) is 10.2 Å². The summed E-state index contributed by atoms with van der Waals surface area (Å²) in [6, 6.07) is 0. The minimum atomic E-state index is 0.867. The van der Waals surface area contributed by atoms with Gasteiger partial charge >= 0.3 is 0 Å². The minimum absolute atomic E-state index is 0.867. The van der Waals surface area contributed by atoms with Gasteiger partial charge in [-0.05, 0) is 26.3 Å². The highest BCUT2D eigenvalue weighted by atomic mass is 79.9. The summed E-state index contributed by atoms with van der Waals surface area (Å²) in [5.41, 5.74) is 1.33. The Hall–Kier alpha value is -0.130. The molecule has 0 N–H and O–H groups in total. The van der Waals surface area contributed by atoms with Crippen LogP contribution in [0.3, 0.4) is 0 Å². The molecule has 0 amide bonds. The molecule has 16 heavy (non-hydrogen) atoms. The van der Waals surface area contributed by atoms with Crippen LogP contribution in [0, 0.1) is 20.8 Å². The van der Waals surface area contributed by atoms with Gasteiger partial charge in [-0.3, -0.25) is 0 Å². The number of halogens is 1. The van der Waals surface area contributed by atoms with Gasteiger partial charge in [-0.15, -0.1) is 23.1 Å². The van der Waals surface area contributed by atoms with Crippen LogP contribution in [0.1, 0.15) is 16.3 Å². The molecule has 0 aromatic carbocycles. The van der Waals surface area contributed by atoms with E-state index in [9.17, 15) is 0 Å². The summed E-state index contributed by atoms with van der Waals surface area (Å²) in [6.07, 6.45) is 0. The molecule has 0 saturated heterocycles. The molecule has 0 unspecified atom stereocenters. The summed E-state index contributed by atoms with van der Waals surface area (Å²) in [6.45, 7) is 6.27. The molecule has 2 rings (SSSR count). The number of thiophene rings is 1. The fraction of sp³-hybridized carbons (Fsp3) is 0.455. The number of aromatic nitrogens is 2. The van der Waals surface area contributed by atoms with Crippen molar-refractivity contribution in [3.05, 3.63) is 16.3 Å². The van der Waals surface area contributed by atoms with Crippen LogP contribution in [0.15, 0.2) is 5.03 Å². The van der Waals surface area contributed by atoms with E-state index in [1.165, 1.54) is 15.8 Å². The van der Waals surface area contributed by atoms with E-state index >= 15 is 0 Å². The highest BCUT2D eigenvalue weighted by molar-refractivity contribution is 9.09. The number of fused-ring (bicyclic) bond motifs is 1. The van der Waals surface area contributed by atoms with Crippen molar-refractivity contribution >= 4 is 49.2 Å². The predicted octanol–water partition coefficient (Wildman–Crippen LogP) is 4.10. The van der Waals surface area contributed by atoms with Gasteiger partial charge in [-0.25, -0.2) is 9.97 Å². The summed E-state index contributed by atoms with van der Waals surface area (Å²) in [4.78, 5) is 11.5. The maximum atomic E-state index is 4.55. The summed E-state index contributed by atoms with van der Waals surface area (Å²) < 4.78 is 0. The van der Waals surface area contributed by atoms with Crippen molar-refractivity contribution in [1.29, 1.82) is 0 Å². The topological polar surface area (TPSA) is 25.8 Å². The summed E-state index contributed by atoms with van der Waals surface area (Å²) in [5, 5.41) is 3.37. The lowest BCUT2D eigenvalue weighted by atomic mass is 10.2. The van der Waals surface area contributed by atoms with Crippen LogP contribution in [0.4, 0.5) is 0 Å². The Kier molecular flexibility index (Phi) is 3.87. The zero-order valence-electron chi connectivity index (χ0n) is 9.50. The van der Waals surface area contributed by atoms with Gasteiger partial charge in [0, 0.05) is 21.3 Å². The van der Waals surface area contributed by atoms with E-state index in [4.69, 9.17) is 0 Å². The molecule has 0 spiro atoms. The van der Waals surface area contributed by atoms with Crippen molar-refractivity contribution < 1.29 is 0 Å². The number of hydrogen-bond acceptors (Lipinski definition) is 4. The molecule has 2 aromatic heterocycles. The first-order valence-electron chi connectivity index (χ1n) is 5.06. The Labute approximate surface area is 112 Å². The van der Waals surface area contributed by atoms with Crippen molar-refractivity contribution in [2.24, 2.45) is 0 Å². The molecule has 2 aromatic rings. The number of alkyl halides is 1. The van der Waals surface area contributed by atoms with Gasteiger partial charge < -0.3 is 0 Å². The van der Waals surface area contributed by atoms with Crippen LogP contribution >= 0.6 is 39.0 Å². The second-order valence-corrected chi connectivity index (χ2v) is 6.66. The van der Waals surface area contributed by atoms with Gasteiger partial charge in [0.05, 0.1) is 0 Å². The van der Waals surface area contributed by atoms with E-state index in [0.717, 1.165) is 26.8 Å². The fourth-order valence-corrected chi connectivity index (χ4v) is 4.04. The monoisotopic (exact) mass is 316 g/mol. The van der Waals surface area contributed by atoms with Crippen LogP contribution in [0.5, 0.6) is 0 Å². The van der Waals surface area contributed by atoms with Crippen molar-refractivity contribution in [1.82, 2.24) is 9.97 Å². The molecule has 2 heterocycles. The van der Waals surface area contributed by atoms with Crippen LogP contribution in [-0.4, -0.2) is 21.1 Å². The third kappa shape index (κ3) is 2.26. The molecule has 0 radical (unpaired) electrons. The highest BCUT2D eigenvalue weighted by Crippen LogP contribution is 2.34. The maximum absolute atomic E-state index is 4.55. The minimum Gasteiger partial charge on any atom is -0.226 e. The SMILES string of the molecule is Cc1nc(SCCBr)c2c(C)c(C)sc2n1. The van der Waals surface area contributed by atoms with E-state index in [1.807, 2.05) is 6.92 Å². The molecule has 0 saturated carbocycles. The lowest BCUT2D eigenvalue weighted by Gasteiger charge is -2.03. The zero-order valence-corrected chi connectivity index (χ0v) is 12.7. The number of thioether (sulfide) groups is 1. The molecule has 5 heteroatoms. The van der Waals surface area contributed by atoms with Crippen LogP contribution < -0.4 is 0 Å². The van der Waals surface area contributed by atoms with E-state index in [0.29, 0.717) is 0 Å². The third-order valence-corrected chi connectivity index (χ3v) is 5.42. The lowest BCUT2D eigenvalue weighted by molar-refractivity contribution is 1.01. The number of rotatable bonds is 3. The molecule has 0 aliphatic heterocycles. The number of nitrogens with zero attached hydrogens (tertiary/aromatic N) is 2. The molecule has 0 fully saturated rings. The van der Waals surface area contributed by atoms with Gasteiger partial charge in [0.25, 0.3) is 0 Å². The molecular weight excluding hydrogens is 304 g/mol. The van der Waals surface area contributed by atoms with E-state index in [1.54, 1.807) is 23.1 Å². The van der Waals surface area contributed by atoms with Crippen molar-refractivity contribution in [2.75, 3.05) is 11.1 Å². The van der Waals surface area contributed by atoms with E-state index in [-0.39, 0.29) is 0 Å². The zero-order chi connectivity index (χ0) is 11.7. The Morgan fingerprint density at radius 3 is 2.69 bits per heavy atom. The molecule has 2 nitrogen and oxygen atoms in total. The largest absolute Gasteiger partial charge is 0.226 e.